The van der Waals surface area contributed by atoms with Crippen LogP contribution in [0, 0.1) is 0 Å². The van der Waals surface area contributed by atoms with Crippen LogP contribution in [0.15, 0.2) is 0 Å². The molecule has 11 heavy (non-hydrogen) atoms. The Morgan fingerprint density at radius 3 is 2.18 bits per heavy atom. The SMILES string of the molecule is CCCNN(CCC)[As](C)C. The summed E-state index contributed by atoms with van der Waals surface area (Å²) < 4.78 is 2.45. The van der Waals surface area contributed by atoms with E-state index in [0.717, 1.165) is 6.54 Å². The summed E-state index contributed by atoms with van der Waals surface area (Å²) in [6.07, 6.45) is 2.48. The van der Waals surface area contributed by atoms with Gasteiger partial charge in [0, 0.05) is 0 Å². The number of hydrazine groups is 1. The first-order chi connectivity index (χ1) is 5.22. The molecule has 0 spiro atoms. The molecule has 0 aliphatic carbocycles. The minimum absolute atomic E-state index is 0.674. The summed E-state index contributed by atoms with van der Waals surface area (Å²) in [4.78, 5) is 0. The molecule has 0 aromatic rings. The average molecular weight is 220 g/mol. The molecule has 0 heterocycles. The second-order valence-corrected chi connectivity index (χ2v) is 7.45. The van der Waals surface area contributed by atoms with E-state index < -0.39 is 14.9 Å². The van der Waals surface area contributed by atoms with Gasteiger partial charge in [-0.15, -0.1) is 0 Å². The van der Waals surface area contributed by atoms with Crippen LogP contribution in [-0.4, -0.2) is 31.9 Å². The fraction of sp³-hybridized carbons (Fsp3) is 1.00. The predicted molar refractivity (Wildman–Crippen MR) is 52.8 cm³/mol. The molecule has 0 fully saturated rings. The summed E-state index contributed by atoms with van der Waals surface area (Å²) >= 11 is -0.674. The van der Waals surface area contributed by atoms with Crippen LogP contribution < -0.4 is 5.43 Å². The summed E-state index contributed by atoms with van der Waals surface area (Å²) in [5.74, 6) is 0. The van der Waals surface area contributed by atoms with Crippen LogP contribution in [0.2, 0.25) is 11.4 Å². The van der Waals surface area contributed by atoms with Gasteiger partial charge in [0.05, 0.1) is 0 Å². The second kappa shape index (κ2) is 7.15. The van der Waals surface area contributed by atoms with Crippen LogP contribution >= 0.6 is 0 Å². The summed E-state index contributed by atoms with van der Waals surface area (Å²) in [6.45, 7) is 6.79. The topological polar surface area (TPSA) is 15.3 Å². The van der Waals surface area contributed by atoms with E-state index in [0.29, 0.717) is 0 Å². The number of nitrogens with one attached hydrogen (secondary N) is 1. The molecule has 68 valence electrons. The van der Waals surface area contributed by atoms with Crippen molar-refractivity contribution in [3.05, 3.63) is 0 Å². The van der Waals surface area contributed by atoms with Crippen LogP contribution in [0.1, 0.15) is 26.7 Å². The van der Waals surface area contributed by atoms with Crippen molar-refractivity contribution in [2.75, 3.05) is 13.1 Å². The zero-order valence-corrected chi connectivity index (χ0v) is 10.1. The van der Waals surface area contributed by atoms with E-state index in [-0.39, 0.29) is 0 Å². The normalized spacial score (nSPS) is 11.5. The molecule has 0 unspecified atom stereocenters. The van der Waals surface area contributed by atoms with Crippen LogP contribution in [-0.2, 0) is 0 Å². The maximum atomic E-state index is 3.47. The summed E-state index contributed by atoms with van der Waals surface area (Å²) in [7, 11) is 0. The van der Waals surface area contributed by atoms with E-state index in [4.69, 9.17) is 0 Å². The molecule has 0 radical (unpaired) electrons. The monoisotopic (exact) mass is 220 g/mol. The molecule has 0 saturated carbocycles. The van der Waals surface area contributed by atoms with Gasteiger partial charge >= 0.3 is 75.4 Å². The number of nitrogens with zero attached hydrogens (tertiary/aromatic N) is 1. The number of hydrogen-bond donors (Lipinski definition) is 1. The van der Waals surface area contributed by atoms with E-state index in [9.17, 15) is 0 Å². The Morgan fingerprint density at radius 1 is 1.18 bits per heavy atom. The number of rotatable bonds is 6. The van der Waals surface area contributed by atoms with Gasteiger partial charge in [-0.2, -0.15) is 0 Å². The van der Waals surface area contributed by atoms with Gasteiger partial charge in [-0.3, -0.25) is 0 Å². The van der Waals surface area contributed by atoms with Gasteiger partial charge in [0.1, 0.15) is 0 Å². The van der Waals surface area contributed by atoms with Crippen molar-refractivity contribution in [3.63, 3.8) is 0 Å². The zero-order valence-electron chi connectivity index (χ0n) is 8.22. The Hall–Kier alpha value is 0.478. The number of hydrogen-bond acceptors (Lipinski definition) is 2. The first-order valence-corrected chi connectivity index (χ1v) is 8.99. The summed E-state index contributed by atoms with van der Waals surface area (Å²) in [5, 5.41) is 0. The molecule has 0 aromatic carbocycles. The third-order valence-corrected chi connectivity index (χ3v) is 4.20. The fourth-order valence-electron chi connectivity index (χ4n) is 0.873. The summed E-state index contributed by atoms with van der Waals surface area (Å²) in [5.41, 5.74) is 8.20. The molecule has 0 atom stereocenters. The summed E-state index contributed by atoms with van der Waals surface area (Å²) in [6, 6.07) is 0. The Balaban J connectivity index is 3.51. The first kappa shape index (κ1) is 11.5. The van der Waals surface area contributed by atoms with Crippen LogP contribution in [0.25, 0.3) is 0 Å². The molecule has 0 bridgehead atoms. The molecular weight excluding hydrogens is 199 g/mol. The van der Waals surface area contributed by atoms with Crippen LogP contribution in [0.3, 0.4) is 0 Å². The Bertz CT molecular complexity index is 86.2. The van der Waals surface area contributed by atoms with Gasteiger partial charge in [0.15, 0.2) is 0 Å². The molecular formula is C8H21AsN2. The predicted octanol–water partition coefficient (Wildman–Crippen LogP) is 1.86. The van der Waals surface area contributed by atoms with Crippen molar-refractivity contribution in [1.82, 2.24) is 9.35 Å². The Labute approximate surface area is 75.8 Å². The van der Waals surface area contributed by atoms with Gasteiger partial charge in [0.2, 0.25) is 0 Å². The molecule has 2 nitrogen and oxygen atoms in total. The fourth-order valence-corrected chi connectivity index (χ4v) is 2.94. The second-order valence-electron chi connectivity index (χ2n) is 2.88. The van der Waals surface area contributed by atoms with E-state index in [1.807, 2.05) is 0 Å². The molecule has 0 saturated heterocycles. The zero-order chi connectivity index (χ0) is 8.69. The molecule has 0 rings (SSSR count). The third-order valence-electron chi connectivity index (χ3n) is 1.46. The van der Waals surface area contributed by atoms with E-state index in [1.165, 1.54) is 19.4 Å². The van der Waals surface area contributed by atoms with Crippen molar-refractivity contribution in [3.8, 4) is 0 Å². The van der Waals surface area contributed by atoms with Crippen LogP contribution in [0.4, 0.5) is 0 Å². The van der Waals surface area contributed by atoms with Gasteiger partial charge in [-0.25, -0.2) is 0 Å². The van der Waals surface area contributed by atoms with Gasteiger partial charge in [-0.05, 0) is 0 Å². The van der Waals surface area contributed by atoms with Crippen LogP contribution in [0.5, 0.6) is 0 Å². The molecule has 1 N–H and O–H groups in total. The van der Waals surface area contributed by atoms with Crippen molar-refractivity contribution in [2.24, 2.45) is 0 Å². The quantitative estimate of drug-likeness (QED) is 0.543. The van der Waals surface area contributed by atoms with E-state index in [1.54, 1.807) is 0 Å². The minimum atomic E-state index is -0.674. The molecule has 3 heteroatoms. The van der Waals surface area contributed by atoms with Gasteiger partial charge in [-0.1, -0.05) is 0 Å². The van der Waals surface area contributed by atoms with E-state index >= 15 is 0 Å². The standard InChI is InChI=1S/C8H21AsN2/c1-5-7-10-11(8-6-2)9(3)4/h10H,5-8H2,1-4H3. The molecule has 0 amide bonds. The van der Waals surface area contributed by atoms with Gasteiger partial charge < -0.3 is 0 Å². The van der Waals surface area contributed by atoms with Crippen molar-refractivity contribution in [1.29, 1.82) is 0 Å². The van der Waals surface area contributed by atoms with Crippen molar-refractivity contribution >= 4 is 14.9 Å². The Kier molecular flexibility index (Phi) is 7.46. The van der Waals surface area contributed by atoms with Gasteiger partial charge in [0.25, 0.3) is 0 Å². The van der Waals surface area contributed by atoms with Crippen molar-refractivity contribution in [2.45, 2.75) is 38.1 Å². The first-order valence-electron chi connectivity index (χ1n) is 4.40. The Morgan fingerprint density at radius 2 is 1.82 bits per heavy atom. The maximum absolute atomic E-state index is 3.47. The van der Waals surface area contributed by atoms with Crippen molar-refractivity contribution < 1.29 is 0 Å². The molecule has 0 aromatic heterocycles. The molecule has 0 aliphatic heterocycles. The average Bonchev–Trinajstić information content (AvgIpc) is 1.97. The third kappa shape index (κ3) is 5.72. The van der Waals surface area contributed by atoms with E-state index in [2.05, 4.69) is 34.6 Å². The molecule has 0 aliphatic rings.